The first kappa shape index (κ1) is 22.2. The minimum absolute atomic E-state index is 0.128. The van der Waals surface area contributed by atoms with E-state index in [1.54, 1.807) is 6.07 Å². The molecule has 4 rings (SSSR count). The zero-order chi connectivity index (χ0) is 22.8. The van der Waals surface area contributed by atoms with Gasteiger partial charge in [-0.05, 0) is 43.7 Å². The third-order valence-corrected chi connectivity index (χ3v) is 6.57. The summed E-state index contributed by atoms with van der Waals surface area (Å²) in [4.78, 5) is 24.7. The number of nitrogens with one attached hydrogen (secondary N) is 1. The molecule has 1 N–H and O–H groups in total. The van der Waals surface area contributed by atoms with Crippen molar-refractivity contribution in [2.75, 3.05) is 13.7 Å². The molecule has 4 aromatic rings. The van der Waals surface area contributed by atoms with Crippen molar-refractivity contribution in [3.8, 4) is 16.9 Å². The SMILES string of the molecule is CCN(Cc1ccc(OC)c(F)c1)Cc1nc2sc(C)c(-c3ccc(C)cc3)c2c(=O)[nH]1. The average molecular weight is 452 g/mol. The first-order valence-electron chi connectivity index (χ1n) is 10.5. The molecule has 5 nitrogen and oxygen atoms in total. The van der Waals surface area contributed by atoms with Crippen LogP contribution in [0.1, 0.15) is 28.8 Å². The van der Waals surface area contributed by atoms with Gasteiger partial charge in [0.15, 0.2) is 11.6 Å². The van der Waals surface area contributed by atoms with E-state index in [0.717, 1.165) is 32.9 Å². The summed E-state index contributed by atoms with van der Waals surface area (Å²) in [5.41, 5.74) is 3.86. The van der Waals surface area contributed by atoms with Crippen molar-refractivity contribution in [1.82, 2.24) is 14.9 Å². The third-order valence-electron chi connectivity index (χ3n) is 5.57. The Kier molecular flexibility index (Phi) is 6.39. The van der Waals surface area contributed by atoms with Gasteiger partial charge >= 0.3 is 0 Å². The molecule has 0 radical (unpaired) electrons. The molecule has 0 atom stereocenters. The Morgan fingerprint density at radius 1 is 1.12 bits per heavy atom. The van der Waals surface area contributed by atoms with Crippen LogP contribution in [-0.4, -0.2) is 28.5 Å². The number of hydrogen-bond acceptors (Lipinski definition) is 5. The van der Waals surface area contributed by atoms with E-state index in [9.17, 15) is 9.18 Å². The average Bonchev–Trinajstić information content (AvgIpc) is 3.10. The van der Waals surface area contributed by atoms with Crippen LogP contribution in [0.25, 0.3) is 21.3 Å². The Morgan fingerprint density at radius 3 is 2.53 bits per heavy atom. The minimum Gasteiger partial charge on any atom is -0.494 e. The molecule has 0 spiro atoms. The fourth-order valence-electron chi connectivity index (χ4n) is 3.86. The van der Waals surface area contributed by atoms with E-state index in [1.165, 1.54) is 30.1 Å². The van der Waals surface area contributed by atoms with Crippen LogP contribution in [0.4, 0.5) is 4.39 Å². The number of benzene rings is 2. The van der Waals surface area contributed by atoms with Crippen molar-refractivity contribution in [2.45, 2.75) is 33.9 Å². The molecule has 2 aromatic heterocycles. The molecule has 0 amide bonds. The van der Waals surface area contributed by atoms with E-state index < -0.39 is 0 Å². The van der Waals surface area contributed by atoms with E-state index in [0.29, 0.717) is 24.3 Å². The van der Waals surface area contributed by atoms with Gasteiger partial charge in [0.25, 0.3) is 5.56 Å². The Hall–Kier alpha value is -3.03. The summed E-state index contributed by atoms with van der Waals surface area (Å²) in [6, 6.07) is 13.2. The Morgan fingerprint density at radius 2 is 1.88 bits per heavy atom. The van der Waals surface area contributed by atoms with Gasteiger partial charge in [-0.3, -0.25) is 9.69 Å². The zero-order valence-electron chi connectivity index (χ0n) is 18.7. The molecule has 0 bridgehead atoms. The maximum absolute atomic E-state index is 14.1. The molecule has 0 aliphatic rings. The van der Waals surface area contributed by atoms with Gasteiger partial charge in [0.1, 0.15) is 10.7 Å². The van der Waals surface area contributed by atoms with Crippen LogP contribution in [0.15, 0.2) is 47.3 Å². The molecule has 0 unspecified atom stereocenters. The monoisotopic (exact) mass is 451 g/mol. The summed E-state index contributed by atoms with van der Waals surface area (Å²) in [7, 11) is 1.45. The van der Waals surface area contributed by atoms with Crippen LogP contribution in [0, 0.1) is 19.7 Å². The Balaban J connectivity index is 1.63. The lowest BCUT2D eigenvalue weighted by Crippen LogP contribution is -2.25. The minimum atomic E-state index is -0.383. The van der Waals surface area contributed by atoms with Gasteiger partial charge in [0.2, 0.25) is 0 Å². The van der Waals surface area contributed by atoms with Gasteiger partial charge in [-0.2, -0.15) is 0 Å². The van der Waals surface area contributed by atoms with Gasteiger partial charge in [0.05, 0.1) is 19.0 Å². The standard InChI is InChI=1S/C25H26FN3O2S/c1-5-29(13-17-8-11-20(31-4)19(26)12-17)14-21-27-24(30)23-22(16(3)32-25(23)28-21)18-9-6-15(2)7-10-18/h6-12H,5,13-14H2,1-4H3,(H,27,28,30). The van der Waals surface area contributed by atoms with Crippen molar-refractivity contribution in [3.05, 3.63) is 80.5 Å². The highest BCUT2D eigenvalue weighted by atomic mass is 32.1. The number of methoxy groups -OCH3 is 1. The largest absolute Gasteiger partial charge is 0.494 e. The summed E-state index contributed by atoms with van der Waals surface area (Å²) >= 11 is 1.54. The van der Waals surface area contributed by atoms with Crippen LogP contribution in [-0.2, 0) is 13.1 Å². The lowest BCUT2D eigenvalue weighted by atomic mass is 10.0. The summed E-state index contributed by atoms with van der Waals surface area (Å²) in [6.45, 7) is 7.83. The number of nitrogens with zero attached hydrogens (tertiary/aromatic N) is 2. The lowest BCUT2D eigenvalue weighted by Gasteiger charge is -2.20. The molecule has 7 heteroatoms. The fraction of sp³-hybridized carbons (Fsp3) is 0.280. The van der Waals surface area contributed by atoms with Crippen LogP contribution >= 0.6 is 11.3 Å². The molecule has 32 heavy (non-hydrogen) atoms. The van der Waals surface area contributed by atoms with Gasteiger partial charge in [-0.1, -0.05) is 42.8 Å². The van der Waals surface area contributed by atoms with Crippen LogP contribution < -0.4 is 10.3 Å². The van der Waals surface area contributed by atoms with Crippen LogP contribution in [0.3, 0.4) is 0 Å². The van der Waals surface area contributed by atoms with E-state index in [-0.39, 0.29) is 17.1 Å². The number of ether oxygens (including phenoxy) is 1. The van der Waals surface area contributed by atoms with Gasteiger partial charge in [-0.25, -0.2) is 9.37 Å². The maximum atomic E-state index is 14.1. The van der Waals surface area contributed by atoms with Crippen molar-refractivity contribution >= 4 is 21.6 Å². The van der Waals surface area contributed by atoms with Crippen molar-refractivity contribution in [2.24, 2.45) is 0 Å². The Bertz CT molecular complexity index is 1310. The lowest BCUT2D eigenvalue weighted by molar-refractivity contribution is 0.264. The molecule has 0 saturated heterocycles. The molecule has 166 valence electrons. The number of aromatic amines is 1. The number of halogens is 1. The normalized spacial score (nSPS) is 11.4. The first-order chi connectivity index (χ1) is 15.4. The number of rotatable bonds is 7. The van der Waals surface area contributed by atoms with E-state index >= 15 is 0 Å². The predicted molar refractivity (Wildman–Crippen MR) is 128 cm³/mol. The molecule has 0 aliphatic carbocycles. The summed E-state index contributed by atoms with van der Waals surface area (Å²) in [5.74, 6) is 0.451. The predicted octanol–water partition coefficient (Wildman–Crippen LogP) is 5.44. The van der Waals surface area contributed by atoms with Crippen molar-refractivity contribution < 1.29 is 9.13 Å². The number of hydrogen-bond donors (Lipinski definition) is 1. The second-order valence-electron chi connectivity index (χ2n) is 7.86. The molecule has 2 heterocycles. The number of aryl methyl sites for hydroxylation is 2. The second kappa shape index (κ2) is 9.22. The van der Waals surface area contributed by atoms with Gasteiger partial charge in [0, 0.05) is 17.0 Å². The second-order valence-corrected chi connectivity index (χ2v) is 9.07. The van der Waals surface area contributed by atoms with E-state index in [1.807, 2.05) is 39.0 Å². The topological polar surface area (TPSA) is 58.2 Å². The third kappa shape index (κ3) is 4.45. The molecule has 0 saturated carbocycles. The summed E-state index contributed by atoms with van der Waals surface area (Å²) in [6.07, 6.45) is 0. The van der Waals surface area contributed by atoms with Gasteiger partial charge in [-0.15, -0.1) is 11.3 Å². The molecular weight excluding hydrogens is 425 g/mol. The van der Waals surface area contributed by atoms with E-state index in [2.05, 4.69) is 22.0 Å². The number of fused-ring (bicyclic) bond motifs is 1. The first-order valence-corrected chi connectivity index (χ1v) is 11.3. The molecular formula is C25H26FN3O2S. The fourth-order valence-corrected chi connectivity index (χ4v) is 4.93. The summed E-state index contributed by atoms with van der Waals surface area (Å²) < 4.78 is 19.1. The molecule has 2 aromatic carbocycles. The molecule has 0 fully saturated rings. The highest BCUT2D eigenvalue weighted by molar-refractivity contribution is 7.19. The zero-order valence-corrected chi connectivity index (χ0v) is 19.5. The highest BCUT2D eigenvalue weighted by Gasteiger charge is 2.17. The Labute approximate surface area is 190 Å². The van der Waals surface area contributed by atoms with Gasteiger partial charge < -0.3 is 9.72 Å². The van der Waals surface area contributed by atoms with Crippen LogP contribution in [0.5, 0.6) is 5.75 Å². The highest BCUT2D eigenvalue weighted by Crippen LogP contribution is 2.35. The van der Waals surface area contributed by atoms with Crippen LogP contribution in [0.2, 0.25) is 0 Å². The maximum Gasteiger partial charge on any atom is 0.260 e. The van der Waals surface area contributed by atoms with Crippen molar-refractivity contribution in [3.63, 3.8) is 0 Å². The smallest absolute Gasteiger partial charge is 0.260 e. The number of thiophene rings is 1. The number of aromatic nitrogens is 2. The van der Waals surface area contributed by atoms with E-state index in [4.69, 9.17) is 9.72 Å². The molecule has 0 aliphatic heterocycles. The number of H-pyrrole nitrogens is 1. The summed E-state index contributed by atoms with van der Waals surface area (Å²) in [5, 5.41) is 0.639. The quantitative estimate of drug-likeness (QED) is 0.407. The van der Waals surface area contributed by atoms with Crippen molar-refractivity contribution in [1.29, 1.82) is 0 Å².